The van der Waals surface area contributed by atoms with Gasteiger partial charge in [-0.1, -0.05) is 18.2 Å². The molecular weight excluding hydrogens is 286 g/mol. The maximum Gasteiger partial charge on any atom is 0.179 e. The van der Waals surface area contributed by atoms with Gasteiger partial charge >= 0.3 is 0 Å². The minimum atomic E-state index is -3.16. The van der Waals surface area contributed by atoms with E-state index in [4.69, 9.17) is 4.42 Å². The summed E-state index contributed by atoms with van der Waals surface area (Å²) in [5, 5.41) is 0. The Kier molecular flexibility index (Phi) is 4.12. The van der Waals surface area contributed by atoms with Crippen LogP contribution in [-0.2, 0) is 16.3 Å². The maximum absolute atomic E-state index is 12.2. The second-order valence-electron chi connectivity index (χ2n) is 5.54. The second-order valence-corrected chi connectivity index (χ2v) is 7.65. The number of rotatable bonds is 6. The van der Waals surface area contributed by atoms with Crippen LogP contribution in [0.1, 0.15) is 5.76 Å². The summed E-state index contributed by atoms with van der Waals surface area (Å²) in [6, 6.07) is 12.6. The monoisotopic (exact) mass is 305 g/mol. The molecule has 112 valence electrons. The van der Waals surface area contributed by atoms with Crippen molar-refractivity contribution in [2.45, 2.75) is 11.3 Å². The highest BCUT2D eigenvalue weighted by molar-refractivity contribution is 7.91. The van der Waals surface area contributed by atoms with Crippen LogP contribution >= 0.6 is 0 Å². The largest absolute Gasteiger partial charge is 0.469 e. The highest BCUT2D eigenvalue weighted by Gasteiger charge is 2.28. The summed E-state index contributed by atoms with van der Waals surface area (Å²) in [7, 11) is -3.16. The minimum absolute atomic E-state index is 0.185. The lowest BCUT2D eigenvalue weighted by molar-refractivity contribution is 0.104. The number of likely N-dealkylation sites (tertiary alicyclic amines) is 1. The summed E-state index contributed by atoms with van der Waals surface area (Å²) in [5.74, 6) is 1.77. The van der Waals surface area contributed by atoms with Crippen molar-refractivity contribution in [2.75, 3.05) is 25.4 Å². The van der Waals surface area contributed by atoms with Crippen LogP contribution < -0.4 is 0 Å². The Morgan fingerprint density at radius 1 is 1.10 bits per heavy atom. The Labute approximate surface area is 125 Å². The van der Waals surface area contributed by atoms with Crippen molar-refractivity contribution in [3.8, 4) is 0 Å². The number of furan rings is 1. The van der Waals surface area contributed by atoms with Gasteiger partial charge in [0.15, 0.2) is 9.84 Å². The molecule has 0 unspecified atom stereocenters. The topological polar surface area (TPSA) is 50.5 Å². The van der Waals surface area contributed by atoms with Gasteiger partial charge in [-0.15, -0.1) is 0 Å². The smallest absolute Gasteiger partial charge is 0.179 e. The SMILES string of the molecule is O=S(=O)(CCN1CC(Cc2ccco2)C1)c1ccccc1. The molecule has 0 atom stereocenters. The third-order valence-corrected chi connectivity index (χ3v) is 5.59. The molecule has 0 bridgehead atoms. The Balaban J connectivity index is 1.45. The van der Waals surface area contributed by atoms with Crippen LogP contribution in [0.3, 0.4) is 0 Å². The summed E-state index contributed by atoms with van der Waals surface area (Å²) in [5.41, 5.74) is 0. The normalized spacial score (nSPS) is 16.8. The molecular formula is C16H19NO3S. The summed E-state index contributed by atoms with van der Waals surface area (Å²) in [6.45, 7) is 2.50. The van der Waals surface area contributed by atoms with Crippen molar-refractivity contribution in [3.63, 3.8) is 0 Å². The van der Waals surface area contributed by atoms with Crippen LogP contribution in [0.2, 0.25) is 0 Å². The van der Waals surface area contributed by atoms with Gasteiger partial charge < -0.3 is 9.32 Å². The third-order valence-electron chi connectivity index (χ3n) is 3.88. The highest BCUT2D eigenvalue weighted by Crippen LogP contribution is 2.21. The van der Waals surface area contributed by atoms with Crippen molar-refractivity contribution >= 4 is 9.84 Å². The molecule has 1 aromatic carbocycles. The maximum atomic E-state index is 12.2. The van der Waals surface area contributed by atoms with Crippen molar-refractivity contribution in [3.05, 3.63) is 54.5 Å². The van der Waals surface area contributed by atoms with Crippen LogP contribution in [0, 0.1) is 5.92 Å². The standard InChI is InChI=1S/C16H19NO3S/c18-21(19,16-6-2-1-3-7-16)10-8-17-12-14(13-17)11-15-5-4-9-20-15/h1-7,9,14H,8,10-13H2. The van der Waals surface area contributed by atoms with Gasteiger partial charge in [0.2, 0.25) is 0 Å². The Bertz CT molecular complexity index is 659. The van der Waals surface area contributed by atoms with Crippen LogP contribution in [0.4, 0.5) is 0 Å². The fourth-order valence-corrected chi connectivity index (χ4v) is 4.00. The quantitative estimate of drug-likeness (QED) is 0.821. The molecule has 3 rings (SSSR count). The summed E-state index contributed by atoms with van der Waals surface area (Å²) in [6.07, 6.45) is 2.63. The Morgan fingerprint density at radius 3 is 2.52 bits per heavy atom. The van der Waals surface area contributed by atoms with E-state index in [0.29, 0.717) is 17.4 Å². The minimum Gasteiger partial charge on any atom is -0.469 e. The molecule has 0 amide bonds. The highest BCUT2D eigenvalue weighted by atomic mass is 32.2. The van der Waals surface area contributed by atoms with Gasteiger partial charge in [-0.2, -0.15) is 0 Å². The van der Waals surface area contributed by atoms with E-state index in [2.05, 4.69) is 4.90 Å². The summed E-state index contributed by atoms with van der Waals surface area (Å²) in [4.78, 5) is 2.60. The molecule has 0 saturated carbocycles. The van der Waals surface area contributed by atoms with Crippen molar-refractivity contribution in [2.24, 2.45) is 5.92 Å². The number of benzene rings is 1. The van der Waals surface area contributed by atoms with Gasteiger partial charge in [0.05, 0.1) is 16.9 Å². The number of hydrogen-bond donors (Lipinski definition) is 0. The van der Waals surface area contributed by atoms with E-state index in [-0.39, 0.29) is 5.75 Å². The van der Waals surface area contributed by atoms with Gasteiger partial charge in [0.1, 0.15) is 5.76 Å². The van der Waals surface area contributed by atoms with Gasteiger partial charge in [0.25, 0.3) is 0 Å². The molecule has 0 radical (unpaired) electrons. The van der Waals surface area contributed by atoms with E-state index in [1.54, 1.807) is 30.5 Å². The lowest BCUT2D eigenvalue weighted by Gasteiger charge is -2.38. The molecule has 1 saturated heterocycles. The first-order valence-corrected chi connectivity index (χ1v) is 8.81. The van der Waals surface area contributed by atoms with E-state index in [1.165, 1.54) is 0 Å². The molecule has 21 heavy (non-hydrogen) atoms. The van der Waals surface area contributed by atoms with Crippen LogP contribution in [0.5, 0.6) is 0 Å². The van der Waals surface area contributed by atoms with Gasteiger partial charge in [-0.25, -0.2) is 8.42 Å². The van der Waals surface area contributed by atoms with Crippen LogP contribution in [-0.4, -0.2) is 38.7 Å². The van der Waals surface area contributed by atoms with E-state index in [9.17, 15) is 8.42 Å². The molecule has 5 heteroatoms. The number of nitrogens with zero attached hydrogens (tertiary/aromatic N) is 1. The molecule has 2 heterocycles. The van der Waals surface area contributed by atoms with Crippen molar-refractivity contribution in [1.29, 1.82) is 0 Å². The van der Waals surface area contributed by atoms with E-state index in [1.807, 2.05) is 18.2 Å². The van der Waals surface area contributed by atoms with Gasteiger partial charge in [-0.3, -0.25) is 0 Å². The Hall–Kier alpha value is -1.59. The lowest BCUT2D eigenvalue weighted by atomic mass is 9.95. The summed E-state index contributed by atoms with van der Waals surface area (Å²) >= 11 is 0. The predicted octanol–water partition coefficient (Wildman–Crippen LogP) is 2.23. The second kappa shape index (κ2) is 6.03. The fraction of sp³-hybridized carbons (Fsp3) is 0.375. The van der Waals surface area contributed by atoms with Crippen LogP contribution in [0.25, 0.3) is 0 Å². The van der Waals surface area contributed by atoms with E-state index < -0.39 is 9.84 Å². The molecule has 1 aliphatic heterocycles. The number of hydrogen-bond acceptors (Lipinski definition) is 4. The molecule has 1 aromatic heterocycles. The Morgan fingerprint density at radius 2 is 1.86 bits per heavy atom. The van der Waals surface area contributed by atoms with E-state index >= 15 is 0 Å². The molecule has 0 N–H and O–H groups in total. The molecule has 1 fully saturated rings. The zero-order valence-electron chi connectivity index (χ0n) is 11.8. The molecule has 2 aromatic rings. The molecule has 0 aliphatic carbocycles. The van der Waals surface area contributed by atoms with Crippen molar-refractivity contribution < 1.29 is 12.8 Å². The molecule has 1 aliphatic rings. The van der Waals surface area contributed by atoms with E-state index in [0.717, 1.165) is 25.3 Å². The lowest BCUT2D eigenvalue weighted by Crippen LogP contribution is -2.49. The first-order valence-electron chi connectivity index (χ1n) is 7.16. The fourth-order valence-electron chi connectivity index (χ4n) is 2.70. The molecule has 4 nitrogen and oxygen atoms in total. The third kappa shape index (κ3) is 3.54. The summed E-state index contributed by atoms with van der Waals surface area (Å²) < 4.78 is 29.7. The van der Waals surface area contributed by atoms with Gasteiger partial charge in [0, 0.05) is 26.1 Å². The van der Waals surface area contributed by atoms with Crippen molar-refractivity contribution in [1.82, 2.24) is 4.90 Å². The average molecular weight is 305 g/mol. The van der Waals surface area contributed by atoms with Gasteiger partial charge in [-0.05, 0) is 30.2 Å². The predicted molar refractivity (Wildman–Crippen MR) is 80.8 cm³/mol. The molecule has 0 spiro atoms. The van der Waals surface area contributed by atoms with Crippen LogP contribution in [0.15, 0.2) is 58.0 Å². The average Bonchev–Trinajstić information content (AvgIpc) is 2.95. The number of sulfone groups is 1. The zero-order valence-corrected chi connectivity index (χ0v) is 12.6. The zero-order chi connectivity index (χ0) is 14.7. The first kappa shape index (κ1) is 14.4. The first-order chi connectivity index (χ1) is 10.1.